The molecule has 2 atom stereocenters. The summed E-state index contributed by atoms with van der Waals surface area (Å²) in [6.45, 7) is 5.63. The van der Waals surface area contributed by atoms with Crippen molar-refractivity contribution in [3.63, 3.8) is 0 Å². The number of nitrogens with zero attached hydrogens (tertiary/aromatic N) is 2. The first kappa shape index (κ1) is 20.5. The maximum Gasteiger partial charge on any atom is 0.227 e. The molecule has 2 aromatic rings. The van der Waals surface area contributed by atoms with E-state index >= 15 is 0 Å². The van der Waals surface area contributed by atoms with Crippen LogP contribution in [0.25, 0.3) is 11.1 Å². The summed E-state index contributed by atoms with van der Waals surface area (Å²) in [6, 6.07) is 8.02. The lowest BCUT2D eigenvalue weighted by Gasteiger charge is -2.27. The molecule has 150 valence electrons. The Morgan fingerprint density at radius 3 is 2.43 bits per heavy atom. The van der Waals surface area contributed by atoms with Gasteiger partial charge in [-0.1, -0.05) is 19.9 Å². The Morgan fingerprint density at radius 1 is 1.07 bits per heavy atom. The fraction of sp³-hybridized carbons (Fsp3) is 0.429. The maximum absolute atomic E-state index is 11.9. The second kappa shape index (κ2) is 7.64. The molecule has 0 aliphatic carbocycles. The summed E-state index contributed by atoms with van der Waals surface area (Å²) in [5.74, 6) is -0.0296. The molecule has 0 spiro atoms. The molecule has 6 nitrogen and oxygen atoms in total. The molecular weight excluding hydrogens is 374 g/mol. The number of fused-ring (bicyclic) bond motifs is 1. The number of rotatable bonds is 5. The molecule has 7 heteroatoms. The zero-order chi connectivity index (χ0) is 20.6. The van der Waals surface area contributed by atoms with Gasteiger partial charge in [0.15, 0.2) is 0 Å². The predicted molar refractivity (Wildman–Crippen MR) is 112 cm³/mol. The third-order valence-electron chi connectivity index (χ3n) is 5.64. The first-order valence-electron chi connectivity index (χ1n) is 9.46. The SMILES string of the molecule is CC(C)C(c1cncc(-c2ccc3c(c2)CCC(=O)N3C)c1)C(C)S(N)(=O)=O. The van der Waals surface area contributed by atoms with Gasteiger partial charge in [0.2, 0.25) is 15.9 Å². The summed E-state index contributed by atoms with van der Waals surface area (Å²) in [5.41, 5.74) is 4.85. The lowest BCUT2D eigenvalue weighted by atomic mass is 9.85. The van der Waals surface area contributed by atoms with Crippen LogP contribution < -0.4 is 10.0 Å². The number of sulfonamides is 1. The summed E-state index contributed by atoms with van der Waals surface area (Å²) in [7, 11) is -1.87. The highest BCUT2D eigenvalue weighted by Crippen LogP contribution is 2.35. The van der Waals surface area contributed by atoms with E-state index in [1.54, 1.807) is 31.3 Å². The van der Waals surface area contributed by atoms with Crippen molar-refractivity contribution >= 4 is 21.6 Å². The third-order valence-corrected chi connectivity index (χ3v) is 6.97. The van der Waals surface area contributed by atoms with Gasteiger partial charge in [-0.05, 0) is 54.2 Å². The van der Waals surface area contributed by atoms with E-state index in [0.29, 0.717) is 6.42 Å². The van der Waals surface area contributed by atoms with Crippen LogP contribution in [0.15, 0.2) is 36.7 Å². The Bertz CT molecular complexity index is 1000. The first-order chi connectivity index (χ1) is 13.1. The van der Waals surface area contributed by atoms with E-state index in [2.05, 4.69) is 11.1 Å². The van der Waals surface area contributed by atoms with Crippen molar-refractivity contribution in [3.05, 3.63) is 47.8 Å². The van der Waals surface area contributed by atoms with Crippen LogP contribution in [-0.4, -0.2) is 31.6 Å². The number of anilines is 1. The molecule has 1 aromatic heterocycles. The zero-order valence-electron chi connectivity index (χ0n) is 16.7. The summed E-state index contributed by atoms with van der Waals surface area (Å²) < 4.78 is 23.9. The number of hydrogen-bond acceptors (Lipinski definition) is 4. The second-order valence-corrected chi connectivity index (χ2v) is 9.79. The number of hydrogen-bond donors (Lipinski definition) is 1. The van der Waals surface area contributed by atoms with Crippen molar-refractivity contribution in [2.24, 2.45) is 11.1 Å². The molecule has 0 radical (unpaired) electrons. The van der Waals surface area contributed by atoms with Crippen LogP contribution in [0.5, 0.6) is 0 Å². The highest BCUT2D eigenvalue weighted by molar-refractivity contribution is 7.89. The first-order valence-corrected chi connectivity index (χ1v) is 11.1. The van der Waals surface area contributed by atoms with Crippen molar-refractivity contribution in [1.29, 1.82) is 0 Å². The van der Waals surface area contributed by atoms with Crippen molar-refractivity contribution in [2.45, 2.75) is 44.8 Å². The lowest BCUT2D eigenvalue weighted by molar-refractivity contribution is -0.118. The molecule has 3 rings (SSSR count). The standard InChI is InChI=1S/C21H27N3O3S/c1-13(2)21(14(3)28(22,26)27)18-10-17(11-23-12-18)15-5-7-19-16(9-15)6-8-20(25)24(19)4/h5,7,9-14,21H,6,8H2,1-4H3,(H2,22,26,27). The maximum atomic E-state index is 11.9. The van der Waals surface area contributed by atoms with Gasteiger partial charge in [-0.25, -0.2) is 13.6 Å². The fourth-order valence-corrected chi connectivity index (χ4v) is 4.92. The Labute approximate surface area is 166 Å². The minimum absolute atomic E-state index is 0.0913. The van der Waals surface area contributed by atoms with E-state index in [-0.39, 0.29) is 17.7 Å². The molecular formula is C21H27N3O3S. The number of carbonyl (C=O) groups excluding carboxylic acids is 1. The van der Waals surface area contributed by atoms with Crippen LogP contribution in [-0.2, 0) is 21.2 Å². The summed E-state index contributed by atoms with van der Waals surface area (Å²) in [6.07, 6.45) is 4.73. The van der Waals surface area contributed by atoms with Gasteiger partial charge in [-0.3, -0.25) is 9.78 Å². The summed E-state index contributed by atoms with van der Waals surface area (Å²) in [4.78, 5) is 18.0. The van der Waals surface area contributed by atoms with Crippen molar-refractivity contribution in [2.75, 3.05) is 11.9 Å². The smallest absolute Gasteiger partial charge is 0.227 e. The van der Waals surface area contributed by atoms with E-state index in [9.17, 15) is 13.2 Å². The predicted octanol–water partition coefficient (Wildman–Crippen LogP) is 3.07. The lowest BCUT2D eigenvalue weighted by Crippen LogP contribution is -2.33. The van der Waals surface area contributed by atoms with Crippen LogP contribution in [0.1, 0.15) is 44.2 Å². The fourth-order valence-electron chi connectivity index (χ4n) is 4.04. The highest BCUT2D eigenvalue weighted by Gasteiger charge is 2.31. The molecule has 28 heavy (non-hydrogen) atoms. The minimum atomic E-state index is -3.66. The van der Waals surface area contributed by atoms with Crippen LogP contribution >= 0.6 is 0 Å². The number of primary sulfonamides is 1. The van der Waals surface area contributed by atoms with Crippen LogP contribution in [0.4, 0.5) is 5.69 Å². The Hall–Kier alpha value is -2.25. The van der Waals surface area contributed by atoms with Gasteiger partial charge in [0.1, 0.15) is 0 Å². The van der Waals surface area contributed by atoms with E-state index in [4.69, 9.17) is 5.14 Å². The topological polar surface area (TPSA) is 93.4 Å². The molecule has 0 fully saturated rings. The number of amides is 1. The number of benzene rings is 1. The van der Waals surface area contributed by atoms with Gasteiger partial charge in [-0.15, -0.1) is 0 Å². The van der Waals surface area contributed by atoms with Crippen molar-refractivity contribution in [1.82, 2.24) is 4.98 Å². The Morgan fingerprint density at radius 2 is 1.79 bits per heavy atom. The number of carbonyl (C=O) groups is 1. The molecule has 1 amide bonds. The molecule has 2 unspecified atom stereocenters. The summed E-state index contributed by atoms with van der Waals surface area (Å²) in [5, 5.41) is 4.72. The summed E-state index contributed by atoms with van der Waals surface area (Å²) >= 11 is 0. The number of aromatic nitrogens is 1. The van der Waals surface area contributed by atoms with Crippen LogP contribution in [0.3, 0.4) is 0 Å². The van der Waals surface area contributed by atoms with Crippen molar-refractivity contribution < 1.29 is 13.2 Å². The van der Waals surface area contributed by atoms with Gasteiger partial charge in [-0.2, -0.15) is 0 Å². The largest absolute Gasteiger partial charge is 0.315 e. The molecule has 0 saturated heterocycles. The van der Waals surface area contributed by atoms with Gasteiger partial charge in [0.05, 0.1) is 5.25 Å². The third kappa shape index (κ3) is 3.95. The second-order valence-electron chi connectivity index (χ2n) is 7.87. The van der Waals surface area contributed by atoms with Crippen LogP contribution in [0.2, 0.25) is 0 Å². The molecule has 1 aliphatic rings. The quantitative estimate of drug-likeness (QED) is 0.833. The number of nitrogens with two attached hydrogens (primary N) is 1. The molecule has 0 saturated carbocycles. The number of pyridine rings is 1. The highest BCUT2D eigenvalue weighted by atomic mass is 32.2. The Balaban J connectivity index is 2.01. The van der Waals surface area contributed by atoms with Gasteiger partial charge < -0.3 is 4.90 Å². The van der Waals surface area contributed by atoms with Gasteiger partial charge in [0.25, 0.3) is 0 Å². The van der Waals surface area contributed by atoms with Crippen molar-refractivity contribution in [3.8, 4) is 11.1 Å². The molecule has 2 N–H and O–H groups in total. The van der Waals surface area contributed by atoms with E-state index in [0.717, 1.165) is 34.4 Å². The van der Waals surface area contributed by atoms with E-state index in [1.807, 2.05) is 32.0 Å². The van der Waals surface area contributed by atoms with Gasteiger partial charge >= 0.3 is 0 Å². The number of aryl methyl sites for hydroxylation is 1. The zero-order valence-corrected chi connectivity index (χ0v) is 17.5. The molecule has 0 bridgehead atoms. The van der Waals surface area contributed by atoms with Gasteiger partial charge in [0, 0.05) is 43.0 Å². The van der Waals surface area contributed by atoms with E-state index in [1.165, 1.54) is 0 Å². The Kier molecular flexibility index (Phi) is 5.59. The molecule has 2 heterocycles. The molecule has 1 aromatic carbocycles. The monoisotopic (exact) mass is 401 g/mol. The normalized spacial score (nSPS) is 16.8. The minimum Gasteiger partial charge on any atom is -0.315 e. The van der Waals surface area contributed by atoms with Crippen LogP contribution in [0, 0.1) is 5.92 Å². The van der Waals surface area contributed by atoms with E-state index < -0.39 is 15.3 Å². The average Bonchev–Trinajstić information content (AvgIpc) is 2.64. The average molecular weight is 402 g/mol. The molecule has 1 aliphatic heterocycles.